The molecule has 0 bridgehead atoms. The van der Waals surface area contributed by atoms with Crippen LogP contribution in [0, 0.1) is 0 Å². The van der Waals surface area contributed by atoms with Gasteiger partial charge in [-0.2, -0.15) is 0 Å². The normalized spacial score (nSPS) is 10.9. The average Bonchev–Trinajstić information content (AvgIpc) is 2.71. The number of nitrogens with zero attached hydrogens (tertiary/aromatic N) is 1. The first kappa shape index (κ1) is 14.7. The number of nitrogens with one attached hydrogen (secondary N) is 2. The molecule has 0 spiro atoms. The van der Waals surface area contributed by atoms with Gasteiger partial charge in [-0.3, -0.25) is 4.79 Å². The molecular weight excluding hydrogens is 230 g/mol. The van der Waals surface area contributed by atoms with E-state index in [1.54, 1.807) is 7.11 Å². The van der Waals surface area contributed by atoms with Crippen LogP contribution in [0.5, 0.6) is 0 Å². The van der Waals surface area contributed by atoms with E-state index in [0.717, 1.165) is 13.1 Å². The maximum absolute atomic E-state index is 11.6. The Hall–Kier alpha value is -1.33. The highest BCUT2D eigenvalue weighted by Crippen LogP contribution is 2.00. The average molecular weight is 253 g/mol. The molecule has 0 aromatic carbocycles. The Morgan fingerprint density at radius 1 is 1.50 bits per heavy atom. The molecule has 18 heavy (non-hydrogen) atoms. The molecular formula is C13H23N3O2. The predicted octanol–water partition coefficient (Wildman–Crippen LogP) is 0.749. The van der Waals surface area contributed by atoms with Crippen molar-refractivity contribution in [3.63, 3.8) is 0 Å². The number of methoxy groups -OCH3 is 1. The Labute approximate surface area is 109 Å². The standard InChI is InChI=1S/C13H23N3O2/c1-11(2)15-13(17)10-16-6-4-12(9-16)8-14-5-7-18-3/h4,6,9,11,14H,5,7-8,10H2,1-3H3,(H,15,17). The first-order chi connectivity index (χ1) is 8.61. The van der Waals surface area contributed by atoms with Crippen molar-refractivity contribution in [1.29, 1.82) is 0 Å². The summed E-state index contributed by atoms with van der Waals surface area (Å²) >= 11 is 0. The number of hydrogen-bond donors (Lipinski definition) is 2. The molecule has 102 valence electrons. The molecule has 0 saturated heterocycles. The maximum atomic E-state index is 11.6. The third kappa shape index (κ3) is 5.84. The molecule has 0 aliphatic heterocycles. The fraction of sp³-hybridized carbons (Fsp3) is 0.615. The van der Waals surface area contributed by atoms with Gasteiger partial charge in [0, 0.05) is 38.6 Å². The first-order valence-corrected chi connectivity index (χ1v) is 6.25. The van der Waals surface area contributed by atoms with Crippen LogP contribution in [0.2, 0.25) is 0 Å². The quantitative estimate of drug-likeness (QED) is 0.672. The monoisotopic (exact) mass is 253 g/mol. The van der Waals surface area contributed by atoms with Crippen LogP contribution in [0.3, 0.4) is 0 Å². The van der Waals surface area contributed by atoms with Gasteiger partial charge >= 0.3 is 0 Å². The van der Waals surface area contributed by atoms with E-state index in [2.05, 4.69) is 10.6 Å². The van der Waals surface area contributed by atoms with E-state index in [-0.39, 0.29) is 11.9 Å². The molecule has 0 saturated carbocycles. The summed E-state index contributed by atoms with van der Waals surface area (Å²) in [5.74, 6) is 0.0412. The van der Waals surface area contributed by atoms with Crippen molar-refractivity contribution in [2.75, 3.05) is 20.3 Å². The van der Waals surface area contributed by atoms with Crippen molar-refractivity contribution in [3.05, 3.63) is 24.0 Å². The fourth-order valence-corrected chi connectivity index (χ4v) is 1.63. The van der Waals surface area contributed by atoms with E-state index < -0.39 is 0 Å². The number of amides is 1. The SMILES string of the molecule is COCCNCc1ccn(CC(=O)NC(C)C)c1. The van der Waals surface area contributed by atoms with Gasteiger partial charge in [-0.1, -0.05) is 0 Å². The summed E-state index contributed by atoms with van der Waals surface area (Å²) in [6, 6.07) is 2.20. The second-order valence-corrected chi connectivity index (χ2v) is 4.58. The van der Waals surface area contributed by atoms with Crippen LogP contribution in [0.4, 0.5) is 0 Å². The first-order valence-electron chi connectivity index (χ1n) is 6.25. The number of aromatic nitrogens is 1. The predicted molar refractivity (Wildman–Crippen MR) is 71.3 cm³/mol. The van der Waals surface area contributed by atoms with E-state index in [9.17, 15) is 4.79 Å². The lowest BCUT2D eigenvalue weighted by Gasteiger charge is -2.08. The Bertz CT molecular complexity index is 361. The number of ether oxygens (including phenoxy) is 1. The zero-order chi connectivity index (χ0) is 13.4. The lowest BCUT2D eigenvalue weighted by Crippen LogP contribution is -2.32. The Balaban J connectivity index is 2.31. The zero-order valence-corrected chi connectivity index (χ0v) is 11.4. The molecule has 0 radical (unpaired) electrons. The summed E-state index contributed by atoms with van der Waals surface area (Å²) in [5.41, 5.74) is 1.17. The minimum atomic E-state index is 0.0412. The lowest BCUT2D eigenvalue weighted by atomic mass is 10.3. The Morgan fingerprint density at radius 2 is 2.28 bits per heavy atom. The molecule has 1 aromatic rings. The summed E-state index contributed by atoms with van der Waals surface area (Å²) < 4.78 is 6.85. The molecule has 1 amide bonds. The molecule has 0 aliphatic rings. The third-order valence-electron chi connectivity index (χ3n) is 2.40. The summed E-state index contributed by atoms with van der Waals surface area (Å²) in [4.78, 5) is 11.6. The van der Waals surface area contributed by atoms with Gasteiger partial charge in [0.2, 0.25) is 5.91 Å². The highest BCUT2D eigenvalue weighted by molar-refractivity contribution is 5.75. The fourth-order valence-electron chi connectivity index (χ4n) is 1.63. The highest BCUT2D eigenvalue weighted by atomic mass is 16.5. The highest BCUT2D eigenvalue weighted by Gasteiger charge is 2.04. The van der Waals surface area contributed by atoms with Gasteiger partial charge in [0.25, 0.3) is 0 Å². The van der Waals surface area contributed by atoms with Gasteiger partial charge in [0.1, 0.15) is 6.54 Å². The molecule has 1 rings (SSSR count). The molecule has 0 fully saturated rings. The Kier molecular flexibility index (Phi) is 6.46. The number of carbonyl (C=O) groups excluding carboxylic acids is 1. The van der Waals surface area contributed by atoms with Crippen LogP contribution >= 0.6 is 0 Å². The Morgan fingerprint density at radius 3 is 2.94 bits per heavy atom. The molecule has 5 nitrogen and oxygen atoms in total. The third-order valence-corrected chi connectivity index (χ3v) is 2.40. The minimum Gasteiger partial charge on any atom is -0.383 e. The summed E-state index contributed by atoms with van der Waals surface area (Å²) in [5, 5.41) is 6.13. The largest absolute Gasteiger partial charge is 0.383 e. The van der Waals surface area contributed by atoms with E-state index in [1.807, 2.05) is 36.9 Å². The second-order valence-electron chi connectivity index (χ2n) is 4.58. The van der Waals surface area contributed by atoms with Crippen molar-refractivity contribution in [1.82, 2.24) is 15.2 Å². The minimum absolute atomic E-state index is 0.0412. The van der Waals surface area contributed by atoms with Crippen LogP contribution in [-0.4, -0.2) is 36.8 Å². The van der Waals surface area contributed by atoms with Crippen LogP contribution in [0.1, 0.15) is 19.4 Å². The van der Waals surface area contributed by atoms with Crippen molar-refractivity contribution < 1.29 is 9.53 Å². The zero-order valence-electron chi connectivity index (χ0n) is 11.4. The summed E-state index contributed by atoms with van der Waals surface area (Å²) in [6.45, 7) is 6.61. The van der Waals surface area contributed by atoms with Crippen LogP contribution in [0.15, 0.2) is 18.5 Å². The van der Waals surface area contributed by atoms with Gasteiger partial charge in [-0.25, -0.2) is 0 Å². The van der Waals surface area contributed by atoms with Gasteiger partial charge in [0.15, 0.2) is 0 Å². The van der Waals surface area contributed by atoms with E-state index in [0.29, 0.717) is 13.2 Å². The van der Waals surface area contributed by atoms with Gasteiger partial charge in [-0.15, -0.1) is 0 Å². The number of rotatable bonds is 8. The van der Waals surface area contributed by atoms with Crippen molar-refractivity contribution in [2.24, 2.45) is 0 Å². The van der Waals surface area contributed by atoms with Crippen LogP contribution in [-0.2, 0) is 22.6 Å². The van der Waals surface area contributed by atoms with E-state index >= 15 is 0 Å². The molecule has 0 atom stereocenters. The molecule has 0 unspecified atom stereocenters. The molecule has 0 aliphatic carbocycles. The van der Waals surface area contributed by atoms with Crippen molar-refractivity contribution >= 4 is 5.91 Å². The van der Waals surface area contributed by atoms with Gasteiger partial charge in [0.05, 0.1) is 6.61 Å². The topological polar surface area (TPSA) is 55.3 Å². The molecule has 1 aromatic heterocycles. The smallest absolute Gasteiger partial charge is 0.240 e. The molecule has 2 N–H and O–H groups in total. The van der Waals surface area contributed by atoms with Gasteiger partial charge in [-0.05, 0) is 25.5 Å². The van der Waals surface area contributed by atoms with Crippen molar-refractivity contribution in [3.8, 4) is 0 Å². The lowest BCUT2D eigenvalue weighted by molar-refractivity contribution is -0.122. The van der Waals surface area contributed by atoms with E-state index in [4.69, 9.17) is 4.74 Å². The maximum Gasteiger partial charge on any atom is 0.240 e. The summed E-state index contributed by atoms with van der Waals surface area (Å²) in [7, 11) is 1.69. The van der Waals surface area contributed by atoms with Crippen LogP contribution < -0.4 is 10.6 Å². The van der Waals surface area contributed by atoms with Gasteiger partial charge < -0.3 is 19.9 Å². The van der Waals surface area contributed by atoms with E-state index in [1.165, 1.54) is 5.56 Å². The van der Waals surface area contributed by atoms with Crippen molar-refractivity contribution in [2.45, 2.75) is 33.0 Å². The number of hydrogen-bond acceptors (Lipinski definition) is 3. The summed E-state index contributed by atoms with van der Waals surface area (Å²) in [6.07, 6.45) is 3.91. The van der Waals surface area contributed by atoms with Crippen LogP contribution in [0.25, 0.3) is 0 Å². The molecule has 5 heteroatoms. The second kappa shape index (κ2) is 7.89. The number of carbonyl (C=O) groups is 1. The molecule has 1 heterocycles.